The van der Waals surface area contributed by atoms with Crippen LogP contribution < -0.4 is 0 Å². The van der Waals surface area contributed by atoms with Crippen molar-refractivity contribution in [3.8, 4) is 0 Å². The van der Waals surface area contributed by atoms with Crippen LogP contribution in [0.25, 0.3) is 0 Å². The Morgan fingerprint density at radius 3 is 2.59 bits per heavy atom. The number of rotatable bonds is 3. The topological polar surface area (TPSA) is 29.5 Å². The molecule has 0 saturated heterocycles. The van der Waals surface area contributed by atoms with Crippen LogP contribution in [0.2, 0.25) is 0 Å². The number of alkyl halides is 1. The third-order valence-electron chi connectivity index (χ3n) is 2.48. The maximum Gasteiger partial charge on any atom is 0.158 e. The molecule has 0 aromatic heterocycles. The molecule has 0 fully saturated rings. The molecule has 0 saturated carbocycles. The molecule has 1 unspecified atom stereocenters. The molecule has 1 aromatic carbocycles. The van der Waals surface area contributed by atoms with Gasteiger partial charge in [0.2, 0.25) is 0 Å². The van der Waals surface area contributed by atoms with E-state index < -0.39 is 12.3 Å². The summed E-state index contributed by atoms with van der Waals surface area (Å²) in [7, 11) is 0. The number of allylic oxidation sites excluding steroid dienone is 3. The molecular weight excluding hydrogens is 219 g/mol. The Morgan fingerprint density at radius 2 is 1.94 bits per heavy atom. The summed E-state index contributed by atoms with van der Waals surface area (Å²) in [5.41, 5.74) is 0.421. The number of hydrogen-bond donors (Lipinski definition) is 1. The molecule has 1 aliphatic heterocycles. The van der Waals surface area contributed by atoms with Gasteiger partial charge in [0.05, 0.1) is 0 Å². The first kappa shape index (κ1) is 11.6. The van der Waals surface area contributed by atoms with Gasteiger partial charge in [-0.15, -0.1) is 0 Å². The summed E-state index contributed by atoms with van der Waals surface area (Å²) in [6.07, 6.45) is 2.02. The lowest BCUT2D eigenvalue weighted by molar-refractivity contribution is 0.0623. The molecular formula is C14H13FO2. The largest absolute Gasteiger partial charge is 0.459 e. The van der Waals surface area contributed by atoms with Crippen LogP contribution >= 0.6 is 0 Å². The van der Waals surface area contributed by atoms with Crippen LogP contribution in [-0.2, 0) is 4.74 Å². The fraction of sp³-hybridized carbons (Fsp3) is 0.143. The van der Waals surface area contributed by atoms with Gasteiger partial charge in [-0.2, -0.15) is 0 Å². The zero-order valence-electron chi connectivity index (χ0n) is 9.21. The van der Waals surface area contributed by atoms with Gasteiger partial charge in [0.15, 0.2) is 6.17 Å². The van der Waals surface area contributed by atoms with Crippen LogP contribution in [0.15, 0.2) is 66.7 Å². The predicted octanol–water partition coefficient (Wildman–Crippen LogP) is 3.04. The lowest BCUT2D eigenvalue weighted by atomic mass is 10.0. The Bertz CT molecular complexity index is 462. The van der Waals surface area contributed by atoms with Crippen molar-refractivity contribution in [3.05, 3.63) is 72.2 Å². The molecule has 3 heteroatoms. The summed E-state index contributed by atoms with van der Waals surface area (Å²) in [6, 6.07) is 8.50. The number of benzene rings is 1. The number of halogens is 1. The highest BCUT2D eigenvalue weighted by Gasteiger charge is 2.26. The van der Waals surface area contributed by atoms with Gasteiger partial charge in [-0.25, -0.2) is 4.39 Å². The molecule has 2 rings (SSSR count). The van der Waals surface area contributed by atoms with E-state index in [9.17, 15) is 9.50 Å². The summed E-state index contributed by atoms with van der Waals surface area (Å²) < 4.78 is 19.2. The second-order valence-corrected chi connectivity index (χ2v) is 3.75. The predicted molar refractivity (Wildman–Crippen MR) is 63.7 cm³/mol. The number of aliphatic hydroxyl groups excluding tert-OH is 1. The van der Waals surface area contributed by atoms with Gasteiger partial charge in [-0.05, 0) is 17.7 Å². The van der Waals surface area contributed by atoms with Crippen molar-refractivity contribution < 1.29 is 14.2 Å². The van der Waals surface area contributed by atoms with Gasteiger partial charge in [0.25, 0.3) is 0 Å². The van der Waals surface area contributed by atoms with E-state index in [1.165, 1.54) is 6.08 Å². The third-order valence-corrected chi connectivity index (χ3v) is 2.48. The number of aliphatic hydroxyl groups is 1. The van der Waals surface area contributed by atoms with E-state index >= 15 is 0 Å². The maximum atomic E-state index is 14.0. The average Bonchev–Trinajstić information content (AvgIpc) is 2.38. The summed E-state index contributed by atoms with van der Waals surface area (Å²) in [6.45, 7) is 3.60. The highest BCUT2D eigenvalue weighted by Crippen LogP contribution is 2.28. The highest BCUT2D eigenvalue weighted by atomic mass is 19.1. The number of hydrogen-bond acceptors (Lipinski definition) is 2. The first-order chi connectivity index (χ1) is 8.18. The van der Waals surface area contributed by atoms with E-state index in [0.29, 0.717) is 11.3 Å². The molecule has 1 aromatic rings. The average molecular weight is 232 g/mol. The molecule has 88 valence electrons. The summed E-state index contributed by atoms with van der Waals surface area (Å²) in [4.78, 5) is 0. The second-order valence-electron chi connectivity index (χ2n) is 3.75. The Morgan fingerprint density at radius 1 is 1.24 bits per heavy atom. The fourth-order valence-electron chi connectivity index (χ4n) is 1.59. The molecule has 2 nitrogen and oxygen atoms in total. The highest BCUT2D eigenvalue weighted by molar-refractivity contribution is 5.28. The molecule has 1 heterocycles. The monoisotopic (exact) mass is 232 g/mol. The van der Waals surface area contributed by atoms with E-state index in [2.05, 4.69) is 6.58 Å². The Balaban J connectivity index is 2.15. The van der Waals surface area contributed by atoms with E-state index in [1.54, 1.807) is 42.5 Å². The van der Waals surface area contributed by atoms with Crippen LogP contribution in [-0.4, -0.2) is 11.2 Å². The quantitative estimate of drug-likeness (QED) is 0.868. The minimum atomic E-state index is -1.51. The van der Waals surface area contributed by atoms with Gasteiger partial charge >= 0.3 is 0 Å². The Hall–Kier alpha value is -1.87. The minimum Gasteiger partial charge on any atom is -0.459 e. The molecule has 2 atom stereocenters. The lowest BCUT2D eigenvalue weighted by Crippen LogP contribution is -2.20. The van der Waals surface area contributed by atoms with Gasteiger partial charge in [-0.1, -0.05) is 43.0 Å². The van der Waals surface area contributed by atoms with Crippen molar-refractivity contribution in [1.82, 2.24) is 0 Å². The van der Waals surface area contributed by atoms with E-state index in [-0.39, 0.29) is 5.76 Å². The van der Waals surface area contributed by atoms with Gasteiger partial charge in [-0.3, -0.25) is 0 Å². The molecule has 0 amide bonds. The molecule has 1 N–H and O–H groups in total. The van der Waals surface area contributed by atoms with E-state index in [4.69, 9.17) is 4.74 Å². The molecule has 0 aliphatic carbocycles. The van der Waals surface area contributed by atoms with Crippen LogP contribution in [0.1, 0.15) is 11.7 Å². The van der Waals surface area contributed by atoms with Crippen molar-refractivity contribution in [3.63, 3.8) is 0 Å². The maximum absolute atomic E-state index is 14.0. The van der Waals surface area contributed by atoms with E-state index in [1.807, 2.05) is 0 Å². The van der Waals surface area contributed by atoms with Gasteiger partial charge < -0.3 is 9.84 Å². The molecule has 0 radical (unpaired) electrons. The lowest BCUT2D eigenvalue weighted by Gasteiger charge is -2.21. The summed E-state index contributed by atoms with van der Waals surface area (Å²) in [5.74, 6) is 0.565. The Labute approximate surface area is 99.3 Å². The Kier molecular flexibility index (Phi) is 3.40. The van der Waals surface area contributed by atoms with Gasteiger partial charge in [0.1, 0.15) is 17.6 Å². The van der Waals surface area contributed by atoms with Crippen LogP contribution in [0.4, 0.5) is 4.39 Å². The fourth-order valence-corrected chi connectivity index (χ4v) is 1.59. The number of ether oxygens (including phenoxy) is 1. The first-order valence-electron chi connectivity index (χ1n) is 5.30. The van der Waals surface area contributed by atoms with Gasteiger partial charge in [0, 0.05) is 0 Å². The minimum absolute atomic E-state index is 0.175. The molecule has 17 heavy (non-hydrogen) atoms. The van der Waals surface area contributed by atoms with Crippen LogP contribution in [0, 0.1) is 0 Å². The smallest absolute Gasteiger partial charge is 0.158 e. The normalized spacial score (nSPS) is 18.2. The van der Waals surface area contributed by atoms with Crippen molar-refractivity contribution in [1.29, 1.82) is 0 Å². The zero-order valence-corrected chi connectivity index (χ0v) is 9.21. The summed E-state index contributed by atoms with van der Waals surface area (Å²) in [5, 5.41) is 9.87. The van der Waals surface area contributed by atoms with Crippen LogP contribution in [0.5, 0.6) is 0 Å². The van der Waals surface area contributed by atoms with Crippen molar-refractivity contribution in [2.75, 3.05) is 0 Å². The summed E-state index contributed by atoms with van der Waals surface area (Å²) >= 11 is 0. The second kappa shape index (κ2) is 4.97. The molecule has 1 aliphatic rings. The van der Waals surface area contributed by atoms with Crippen molar-refractivity contribution in [2.24, 2.45) is 0 Å². The van der Waals surface area contributed by atoms with E-state index in [0.717, 1.165) is 0 Å². The third kappa shape index (κ3) is 2.63. The molecule has 0 bridgehead atoms. The standard InChI is InChI=1S/C14H13FO2/c1-10-6-5-9-12(17-10)14(16)13(15)11-7-3-2-4-8-11/h2-9,13-14,16H,1H2/t13-,14?/m1/s1. The zero-order chi connectivity index (χ0) is 12.3. The molecule has 0 spiro atoms. The van der Waals surface area contributed by atoms with Crippen molar-refractivity contribution >= 4 is 0 Å². The van der Waals surface area contributed by atoms with Crippen LogP contribution in [0.3, 0.4) is 0 Å². The van der Waals surface area contributed by atoms with Crippen molar-refractivity contribution in [2.45, 2.75) is 12.3 Å². The SMILES string of the molecule is C=C1C=CC=C(C(O)[C@H](F)c2ccccc2)O1. The first-order valence-corrected chi connectivity index (χ1v) is 5.30.